The van der Waals surface area contributed by atoms with Gasteiger partial charge in [-0.05, 0) is 24.7 Å². The summed E-state index contributed by atoms with van der Waals surface area (Å²) in [7, 11) is 1.75. The van der Waals surface area contributed by atoms with E-state index in [4.69, 9.17) is 16.1 Å². The third kappa shape index (κ3) is 6.44. The predicted molar refractivity (Wildman–Crippen MR) is 117 cm³/mol. The molecule has 2 rings (SSSR count). The van der Waals surface area contributed by atoms with Gasteiger partial charge in [0.15, 0.2) is 5.96 Å². The maximum Gasteiger partial charge on any atom is 0.191 e. The molecule has 8 heteroatoms. The highest BCUT2D eigenvalue weighted by Gasteiger charge is 2.20. The van der Waals surface area contributed by atoms with E-state index in [0.29, 0.717) is 19.0 Å². The van der Waals surface area contributed by atoms with Gasteiger partial charge >= 0.3 is 0 Å². The smallest absolute Gasteiger partial charge is 0.191 e. The molecule has 0 radical (unpaired) electrons. The van der Waals surface area contributed by atoms with Crippen LogP contribution >= 0.6 is 35.6 Å². The van der Waals surface area contributed by atoms with Crippen molar-refractivity contribution in [3.8, 4) is 0 Å². The molecule has 1 aromatic carbocycles. The third-order valence-corrected chi connectivity index (χ3v) is 4.48. The Kier molecular flexibility index (Phi) is 10.6. The largest absolute Gasteiger partial charge is 0.364 e. The molecule has 0 fully saturated rings. The van der Waals surface area contributed by atoms with Crippen LogP contribution in [0.1, 0.15) is 31.1 Å². The molecule has 1 unspecified atom stereocenters. The van der Waals surface area contributed by atoms with Gasteiger partial charge in [-0.15, -0.1) is 24.0 Å². The van der Waals surface area contributed by atoms with E-state index >= 15 is 0 Å². The van der Waals surface area contributed by atoms with Crippen LogP contribution in [0.4, 0.5) is 0 Å². The van der Waals surface area contributed by atoms with Crippen molar-refractivity contribution in [1.29, 1.82) is 0 Å². The summed E-state index contributed by atoms with van der Waals surface area (Å²) in [5.41, 5.74) is 1.95. The Morgan fingerprint density at radius 3 is 2.54 bits per heavy atom. The zero-order chi connectivity index (χ0) is 18.1. The highest BCUT2D eigenvalue weighted by Crippen LogP contribution is 2.26. The molecule has 1 aromatic heterocycles. The number of hydrogen-bond donors (Lipinski definition) is 2. The number of guanidine groups is 1. The Bertz CT molecular complexity index is 661. The lowest BCUT2D eigenvalue weighted by atomic mass is 10.0. The molecule has 0 aliphatic rings. The van der Waals surface area contributed by atoms with Crippen LogP contribution in [0.25, 0.3) is 0 Å². The van der Waals surface area contributed by atoms with Crippen molar-refractivity contribution in [2.45, 2.75) is 26.4 Å². The molecular weight excluding hydrogens is 465 g/mol. The molecule has 0 saturated carbocycles. The zero-order valence-corrected chi connectivity index (χ0v) is 18.5. The van der Waals surface area contributed by atoms with Gasteiger partial charge in [0.05, 0.1) is 12.6 Å². The standard InChI is InChI=1S/C18H26ClN5O.HI/c1-4-24(5-2)17(15-8-6-7-9-16(15)19)13-22-18(20-3)21-12-14-10-11-25-23-14;/h6-11,17H,4-5,12-13H2,1-3H3,(H2,20,21,22);1H. The van der Waals surface area contributed by atoms with E-state index in [1.165, 1.54) is 0 Å². The van der Waals surface area contributed by atoms with Crippen molar-refractivity contribution in [3.63, 3.8) is 0 Å². The highest BCUT2D eigenvalue weighted by atomic mass is 127. The van der Waals surface area contributed by atoms with Crippen molar-refractivity contribution < 1.29 is 4.52 Å². The first-order valence-electron chi connectivity index (χ1n) is 8.51. The molecule has 0 aliphatic carbocycles. The van der Waals surface area contributed by atoms with Crippen molar-refractivity contribution in [2.24, 2.45) is 4.99 Å². The number of nitrogens with one attached hydrogen (secondary N) is 2. The average Bonchev–Trinajstić information content (AvgIpc) is 3.15. The number of aliphatic imine (C=N–C) groups is 1. The van der Waals surface area contributed by atoms with Crippen LogP contribution in [-0.4, -0.2) is 42.7 Å². The molecule has 0 saturated heterocycles. The van der Waals surface area contributed by atoms with Crippen molar-refractivity contribution in [2.75, 3.05) is 26.7 Å². The van der Waals surface area contributed by atoms with Gasteiger partial charge in [-0.2, -0.15) is 0 Å². The summed E-state index contributed by atoms with van der Waals surface area (Å²) >= 11 is 6.44. The summed E-state index contributed by atoms with van der Waals surface area (Å²) < 4.78 is 4.84. The lowest BCUT2D eigenvalue weighted by molar-refractivity contribution is 0.219. The quantitative estimate of drug-likeness (QED) is 0.335. The number of nitrogens with zero attached hydrogens (tertiary/aromatic N) is 3. The van der Waals surface area contributed by atoms with Crippen LogP contribution in [0.15, 0.2) is 46.1 Å². The SMILES string of the molecule is CCN(CC)C(CNC(=NC)NCc1ccon1)c1ccccc1Cl.I. The lowest BCUT2D eigenvalue weighted by Crippen LogP contribution is -2.43. The Morgan fingerprint density at radius 1 is 1.23 bits per heavy atom. The van der Waals surface area contributed by atoms with Crippen LogP contribution < -0.4 is 10.6 Å². The van der Waals surface area contributed by atoms with Gasteiger partial charge in [-0.1, -0.05) is 48.8 Å². The highest BCUT2D eigenvalue weighted by molar-refractivity contribution is 14.0. The molecule has 1 heterocycles. The van der Waals surface area contributed by atoms with E-state index in [1.807, 2.05) is 24.3 Å². The van der Waals surface area contributed by atoms with Gasteiger partial charge in [0.1, 0.15) is 12.0 Å². The van der Waals surface area contributed by atoms with Gasteiger partial charge in [-0.25, -0.2) is 0 Å². The first-order chi connectivity index (χ1) is 12.2. The Balaban J connectivity index is 0.00000338. The maximum atomic E-state index is 6.44. The zero-order valence-electron chi connectivity index (χ0n) is 15.4. The summed E-state index contributed by atoms with van der Waals surface area (Å²) in [6, 6.07) is 9.98. The van der Waals surface area contributed by atoms with E-state index in [-0.39, 0.29) is 30.0 Å². The molecule has 1 atom stereocenters. The van der Waals surface area contributed by atoms with E-state index < -0.39 is 0 Å². The molecule has 2 N–H and O–H groups in total. The maximum absolute atomic E-state index is 6.44. The van der Waals surface area contributed by atoms with E-state index in [0.717, 1.165) is 29.4 Å². The molecule has 0 spiro atoms. The molecule has 2 aromatic rings. The summed E-state index contributed by atoms with van der Waals surface area (Å²) in [6.07, 6.45) is 1.56. The normalized spacial score (nSPS) is 12.6. The summed E-state index contributed by atoms with van der Waals surface area (Å²) in [6.45, 7) is 7.45. The fourth-order valence-electron chi connectivity index (χ4n) is 2.76. The van der Waals surface area contributed by atoms with Crippen LogP contribution in [0.5, 0.6) is 0 Å². The lowest BCUT2D eigenvalue weighted by Gasteiger charge is -2.31. The number of benzene rings is 1. The Morgan fingerprint density at radius 2 is 1.96 bits per heavy atom. The van der Waals surface area contributed by atoms with E-state index in [2.05, 4.69) is 45.6 Å². The number of aromatic nitrogens is 1. The second kappa shape index (κ2) is 12.1. The van der Waals surface area contributed by atoms with Crippen LogP contribution in [0.3, 0.4) is 0 Å². The second-order valence-electron chi connectivity index (χ2n) is 5.56. The molecule has 144 valence electrons. The fourth-order valence-corrected chi connectivity index (χ4v) is 3.02. The first-order valence-corrected chi connectivity index (χ1v) is 8.89. The van der Waals surface area contributed by atoms with E-state index in [9.17, 15) is 0 Å². The first kappa shape index (κ1) is 22.7. The minimum atomic E-state index is 0. The number of rotatable bonds is 8. The number of hydrogen-bond acceptors (Lipinski definition) is 4. The summed E-state index contributed by atoms with van der Waals surface area (Å²) in [5.74, 6) is 0.715. The second-order valence-corrected chi connectivity index (χ2v) is 5.96. The minimum absolute atomic E-state index is 0. The Labute approximate surface area is 177 Å². The fraction of sp³-hybridized carbons (Fsp3) is 0.444. The molecular formula is C18H27ClIN5O. The number of halogens is 2. The van der Waals surface area contributed by atoms with Gasteiger partial charge in [0.25, 0.3) is 0 Å². The topological polar surface area (TPSA) is 65.7 Å². The third-order valence-electron chi connectivity index (χ3n) is 4.13. The summed E-state index contributed by atoms with van der Waals surface area (Å²) in [5, 5.41) is 11.3. The van der Waals surface area contributed by atoms with Crippen LogP contribution in [0, 0.1) is 0 Å². The molecule has 0 bridgehead atoms. The van der Waals surface area contributed by atoms with Gasteiger partial charge in [0, 0.05) is 24.7 Å². The predicted octanol–water partition coefficient (Wildman–Crippen LogP) is 3.69. The molecule has 26 heavy (non-hydrogen) atoms. The summed E-state index contributed by atoms with van der Waals surface area (Å²) in [4.78, 5) is 6.65. The molecule has 0 amide bonds. The van der Waals surface area contributed by atoms with Gasteiger partial charge < -0.3 is 15.2 Å². The van der Waals surface area contributed by atoms with Gasteiger partial charge in [0.2, 0.25) is 0 Å². The van der Waals surface area contributed by atoms with Crippen molar-refractivity contribution in [1.82, 2.24) is 20.7 Å². The van der Waals surface area contributed by atoms with Crippen LogP contribution in [0.2, 0.25) is 5.02 Å². The Hall–Kier alpha value is -1.32. The van der Waals surface area contributed by atoms with E-state index in [1.54, 1.807) is 13.3 Å². The number of likely N-dealkylation sites (N-methyl/N-ethyl adjacent to an activating group) is 1. The molecule has 0 aliphatic heterocycles. The van der Waals surface area contributed by atoms with Gasteiger partial charge in [-0.3, -0.25) is 9.89 Å². The monoisotopic (exact) mass is 491 g/mol. The minimum Gasteiger partial charge on any atom is -0.364 e. The van der Waals surface area contributed by atoms with Crippen molar-refractivity contribution >= 4 is 41.5 Å². The molecule has 6 nitrogen and oxygen atoms in total. The average molecular weight is 492 g/mol. The van der Waals surface area contributed by atoms with Crippen molar-refractivity contribution in [3.05, 3.63) is 52.9 Å². The van der Waals surface area contributed by atoms with Crippen LogP contribution in [-0.2, 0) is 6.54 Å².